The fourth-order valence-electron chi connectivity index (χ4n) is 3.53. The van der Waals surface area contributed by atoms with Crippen LogP contribution in [-0.4, -0.2) is 24.0 Å². The Morgan fingerprint density at radius 2 is 1.48 bits per heavy atom. The van der Waals surface area contributed by atoms with Gasteiger partial charge in [-0.1, -0.05) is 57.0 Å². The van der Waals surface area contributed by atoms with Crippen LogP contribution in [0.5, 0.6) is 0 Å². The van der Waals surface area contributed by atoms with Gasteiger partial charge in [0, 0.05) is 18.4 Å². The summed E-state index contributed by atoms with van der Waals surface area (Å²) in [6.45, 7) is 4.24. The van der Waals surface area contributed by atoms with Gasteiger partial charge in [-0.2, -0.15) is 0 Å². The summed E-state index contributed by atoms with van der Waals surface area (Å²) in [5.74, 6) is -1.54. The predicted octanol–water partition coefficient (Wildman–Crippen LogP) is 5.37. The lowest BCUT2D eigenvalue weighted by atomic mass is 9.78. The van der Waals surface area contributed by atoms with Crippen molar-refractivity contribution < 1.29 is 14.7 Å². The van der Waals surface area contributed by atoms with Crippen LogP contribution in [0.25, 0.3) is 0 Å². The molecule has 2 unspecified atom stereocenters. The Hall–Kier alpha value is -2.82. The molecule has 2 aromatic rings. The Balaban J connectivity index is 0.000000313. The molecule has 0 heterocycles. The Kier molecular flexibility index (Phi) is 8.71. The third kappa shape index (κ3) is 6.93. The molecule has 1 saturated carbocycles. The number of carboxylic acids is 1. The standard InChI is InChI=1S/C17H23NO3.C7H9N/c1-11(2)12-7-9-13(10-8-12)18-16(19)14-5-3-4-6-15(14)17(20)21;1-8-7-5-3-2-4-6-7/h7-11,14-15H,3-6H2,1-2H3,(H,18,19)(H,20,21);2-6,8H,1H3. The summed E-state index contributed by atoms with van der Waals surface area (Å²) in [4.78, 5) is 23.6. The molecule has 0 aromatic heterocycles. The summed E-state index contributed by atoms with van der Waals surface area (Å²) in [5, 5.41) is 15.1. The zero-order valence-electron chi connectivity index (χ0n) is 17.5. The predicted molar refractivity (Wildman–Crippen MR) is 118 cm³/mol. The first-order chi connectivity index (χ1) is 13.9. The van der Waals surface area contributed by atoms with Crippen molar-refractivity contribution in [3.8, 4) is 0 Å². The molecule has 1 aliphatic rings. The van der Waals surface area contributed by atoms with Gasteiger partial charge >= 0.3 is 5.97 Å². The van der Waals surface area contributed by atoms with E-state index >= 15 is 0 Å². The number of hydrogen-bond donors (Lipinski definition) is 3. The number of nitrogens with one attached hydrogen (secondary N) is 2. The monoisotopic (exact) mass is 396 g/mol. The highest BCUT2D eigenvalue weighted by atomic mass is 16.4. The van der Waals surface area contributed by atoms with Crippen LogP contribution in [0.1, 0.15) is 51.0 Å². The van der Waals surface area contributed by atoms with E-state index in [1.165, 1.54) is 5.56 Å². The minimum atomic E-state index is -0.856. The molecule has 0 aliphatic heterocycles. The van der Waals surface area contributed by atoms with Gasteiger partial charge in [0.2, 0.25) is 5.91 Å². The summed E-state index contributed by atoms with van der Waals surface area (Å²) in [6, 6.07) is 17.8. The molecule has 2 atom stereocenters. The molecule has 0 bridgehead atoms. The van der Waals surface area contributed by atoms with Crippen molar-refractivity contribution in [1.82, 2.24) is 0 Å². The molecular formula is C24H32N2O3. The van der Waals surface area contributed by atoms with E-state index in [2.05, 4.69) is 24.5 Å². The van der Waals surface area contributed by atoms with Gasteiger partial charge in [-0.05, 0) is 48.6 Å². The van der Waals surface area contributed by atoms with Crippen molar-refractivity contribution >= 4 is 23.3 Å². The number of carbonyl (C=O) groups excluding carboxylic acids is 1. The first-order valence-electron chi connectivity index (χ1n) is 10.3. The van der Waals surface area contributed by atoms with Crippen LogP contribution in [0.4, 0.5) is 11.4 Å². The molecule has 3 rings (SSSR count). The quantitative estimate of drug-likeness (QED) is 0.635. The van der Waals surface area contributed by atoms with E-state index in [4.69, 9.17) is 0 Å². The van der Waals surface area contributed by atoms with Gasteiger partial charge in [-0.25, -0.2) is 0 Å². The second-order valence-electron chi connectivity index (χ2n) is 7.72. The average Bonchev–Trinajstić information content (AvgIpc) is 2.75. The number of anilines is 2. The van der Waals surface area contributed by atoms with Crippen LogP contribution >= 0.6 is 0 Å². The maximum absolute atomic E-state index is 12.3. The molecular weight excluding hydrogens is 364 g/mol. The summed E-state index contributed by atoms with van der Waals surface area (Å²) >= 11 is 0. The van der Waals surface area contributed by atoms with Gasteiger partial charge < -0.3 is 15.7 Å². The molecule has 156 valence electrons. The van der Waals surface area contributed by atoms with Crippen molar-refractivity contribution in [2.45, 2.75) is 45.4 Å². The van der Waals surface area contributed by atoms with Gasteiger partial charge in [0.25, 0.3) is 0 Å². The Labute approximate surface area is 173 Å². The number of para-hydroxylation sites is 1. The molecule has 29 heavy (non-hydrogen) atoms. The minimum absolute atomic E-state index is 0.167. The van der Waals surface area contributed by atoms with Crippen molar-refractivity contribution in [1.29, 1.82) is 0 Å². The molecule has 3 N–H and O–H groups in total. The summed E-state index contributed by atoms with van der Waals surface area (Å²) in [7, 11) is 1.91. The molecule has 1 aliphatic carbocycles. The highest BCUT2D eigenvalue weighted by Crippen LogP contribution is 2.31. The van der Waals surface area contributed by atoms with Crippen LogP contribution in [0.15, 0.2) is 54.6 Å². The van der Waals surface area contributed by atoms with Crippen LogP contribution in [0.3, 0.4) is 0 Å². The van der Waals surface area contributed by atoms with E-state index in [1.54, 1.807) is 0 Å². The lowest BCUT2D eigenvalue weighted by Crippen LogP contribution is -2.36. The van der Waals surface area contributed by atoms with E-state index in [-0.39, 0.29) is 5.91 Å². The maximum atomic E-state index is 12.3. The number of carbonyl (C=O) groups is 2. The van der Waals surface area contributed by atoms with Gasteiger partial charge in [0.05, 0.1) is 11.8 Å². The van der Waals surface area contributed by atoms with E-state index in [0.29, 0.717) is 18.8 Å². The molecule has 5 nitrogen and oxygen atoms in total. The summed E-state index contributed by atoms with van der Waals surface area (Å²) < 4.78 is 0. The number of rotatable bonds is 5. The van der Waals surface area contributed by atoms with E-state index in [9.17, 15) is 14.7 Å². The zero-order chi connectivity index (χ0) is 21.2. The first kappa shape index (κ1) is 22.5. The third-order valence-corrected chi connectivity index (χ3v) is 5.33. The number of amides is 1. The second-order valence-corrected chi connectivity index (χ2v) is 7.72. The fourth-order valence-corrected chi connectivity index (χ4v) is 3.53. The van der Waals surface area contributed by atoms with Crippen LogP contribution in [0, 0.1) is 11.8 Å². The molecule has 5 heteroatoms. The first-order valence-corrected chi connectivity index (χ1v) is 10.3. The van der Waals surface area contributed by atoms with Crippen LogP contribution < -0.4 is 10.6 Å². The fraction of sp³-hybridized carbons (Fsp3) is 0.417. The largest absolute Gasteiger partial charge is 0.481 e. The Morgan fingerprint density at radius 3 is 1.97 bits per heavy atom. The van der Waals surface area contributed by atoms with Crippen molar-refractivity contribution in [3.05, 3.63) is 60.2 Å². The lowest BCUT2D eigenvalue weighted by molar-refractivity contribution is -0.147. The second kappa shape index (κ2) is 11.2. The van der Waals surface area contributed by atoms with Crippen molar-refractivity contribution in [3.63, 3.8) is 0 Å². The summed E-state index contributed by atoms with van der Waals surface area (Å²) in [5.41, 5.74) is 3.11. The maximum Gasteiger partial charge on any atom is 0.307 e. The molecule has 1 amide bonds. The van der Waals surface area contributed by atoms with Crippen molar-refractivity contribution in [2.75, 3.05) is 17.7 Å². The molecule has 2 aromatic carbocycles. The summed E-state index contributed by atoms with van der Waals surface area (Å²) in [6.07, 6.45) is 3.07. The molecule has 0 saturated heterocycles. The number of aliphatic carboxylic acids is 1. The van der Waals surface area contributed by atoms with Crippen molar-refractivity contribution in [2.24, 2.45) is 11.8 Å². The minimum Gasteiger partial charge on any atom is -0.481 e. The van der Waals surface area contributed by atoms with E-state index in [1.807, 2.05) is 61.6 Å². The molecule has 0 radical (unpaired) electrons. The van der Waals surface area contributed by atoms with Crippen LogP contribution in [0.2, 0.25) is 0 Å². The lowest BCUT2D eigenvalue weighted by Gasteiger charge is -2.27. The normalized spacial score (nSPS) is 18.3. The van der Waals surface area contributed by atoms with E-state index in [0.717, 1.165) is 24.2 Å². The molecule has 1 fully saturated rings. The topological polar surface area (TPSA) is 78.4 Å². The highest BCUT2D eigenvalue weighted by Gasteiger charge is 2.35. The van der Waals surface area contributed by atoms with Gasteiger partial charge in [0.1, 0.15) is 0 Å². The Bertz CT molecular complexity index is 772. The SMILES string of the molecule is CC(C)c1ccc(NC(=O)C2CCCCC2C(=O)O)cc1.CNc1ccccc1. The third-order valence-electron chi connectivity index (χ3n) is 5.33. The highest BCUT2D eigenvalue weighted by molar-refractivity contribution is 5.95. The van der Waals surface area contributed by atoms with Gasteiger partial charge in [-0.15, -0.1) is 0 Å². The smallest absolute Gasteiger partial charge is 0.307 e. The zero-order valence-corrected chi connectivity index (χ0v) is 17.5. The van der Waals surface area contributed by atoms with Gasteiger partial charge in [-0.3, -0.25) is 9.59 Å². The number of carboxylic acid groups (broad SMARTS) is 1. The Morgan fingerprint density at radius 1 is 0.897 bits per heavy atom. The van der Waals surface area contributed by atoms with Gasteiger partial charge in [0.15, 0.2) is 0 Å². The average molecular weight is 397 g/mol. The number of hydrogen-bond acceptors (Lipinski definition) is 3. The van der Waals surface area contributed by atoms with E-state index < -0.39 is 17.8 Å². The van der Waals surface area contributed by atoms with Crippen LogP contribution in [-0.2, 0) is 9.59 Å². The number of benzene rings is 2. The molecule has 0 spiro atoms.